The molecule has 12 nitrogen and oxygen atoms in total. The Kier molecular flexibility index (Phi) is 11.2. The van der Waals surface area contributed by atoms with Crippen molar-refractivity contribution in [2.24, 2.45) is 5.10 Å². The van der Waals surface area contributed by atoms with Crippen LogP contribution in [0.15, 0.2) is 77.0 Å². The molecule has 3 amide bonds. The number of halogens is 1. The van der Waals surface area contributed by atoms with Crippen LogP contribution in [0.5, 0.6) is 23.0 Å². The summed E-state index contributed by atoms with van der Waals surface area (Å²) in [6.45, 7) is 3.32. The number of urea groups is 1. The number of methoxy groups -OCH3 is 2. The Hall–Kier alpha value is -5.23. The Morgan fingerprint density at radius 2 is 1.78 bits per heavy atom. The fourth-order valence-corrected chi connectivity index (χ4v) is 4.66. The predicted octanol–water partition coefficient (Wildman–Crippen LogP) is 4.66. The molecule has 45 heavy (non-hydrogen) atoms. The van der Waals surface area contributed by atoms with Crippen molar-refractivity contribution in [3.05, 3.63) is 93.6 Å². The van der Waals surface area contributed by atoms with Gasteiger partial charge in [0.2, 0.25) is 0 Å². The molecule has 0 spiro atoms. The van der Waals surface area contributed by atoms with E-state index < -0.39 is 23.9 Å². The van der Waals surface area contributed by atoms with Gasteiger partial charge in [0.1, 0.15) is 6.61 Å². The maximum atomic E-state index is 12.6. The Labute approximate surface area is 265 Å². The van der Waals surface area contributed by atoms with E-state index >= 15 is 0 Å². The fraction of sp³-hybridized carbons (Fsp3) is 0.250. The number of esters is 1. The van der Waals surface area contributed by atoms with Crippen molar-refractivity contribution in [2.75, 3.05) is 27.4 Å². The van der Waals surface area contributed by atoms with E-state index in [-0.39, 0.29) is 36.9 Å². The van der Waals surface area contributed by atoms with Gasteiger partial charge in [-0.05, 0) is 49.7 Å². The van der Waals surface area contributed by atoms with Gasteiger partial charge in [-0.2, -0.15) is 5.10 Å². The first kappa shape index (κ1) is 32.7. The highest BCUT2D eigenvalue weighted by Gasteiger charge is 2.32. The molecule has 1 atom stereocenters. The summed E-state index contributed by atoms with van der Waals surface area (Å²) in [4.78, 5) is 37.4. The highest BCUT2D eigenvalue weighted by molar-refractivity contribution is 6.31. The maximum absolute atomic E-state index is 12.6. The van der Waals surface area contributed by atoms with Crippen molar-refractivity contribution in [3.8, 4) is 23.0 Å². The maximum Gasteiger partial charge on any atom is 0.338 e. The summed E-state index contributed by atoms with van der Waals surface area (Å²) in [5.74, 6) is 0.376. The molecule has 0 bridgehead atoms. The molecule has 1 aliphatic rings. The lowest BCUT2D eigenvalue weighted by atomic mass is 9.95. The van der Waals surface area contributed by atoms with Gasteiger partial charge in [-0.1, -0.05) is 41.9 Å². The van der Waals surface area contributed by atoms with Crippen LogP contribution in [0.2, 0.25) is 5.02 Å². The summed E-state index contributed by atoms with van der Waals surface area (Å²) in [7, 11) is 2.96. The molecule has 0 saturated carbocycles. The number of amides is 3. The van der Waals surface area contributed by atoms with Crippen molar-refractivity contribution in [2.45, 2.75) is 26.5 Å². The van der Waals surface area contributed by atoms with Crippen LogP contribution in [0.3, 0.4) is 0 Å². The Morgan fingerprint density at radius 1 is 1.00 bits per heavy atom. The largest absolute Gasteiger partial charge is 0.493 e. The summed E-state index contributed by atoms with van der Waals surface area (Å²) < 4.78 is 27.8. The smallest absolute Gasteiger partial charge is 0.338 e. The number of carbonyl (C=O) groups is 3. The highest BCUT2D eigenvalue weighted by Crippen LogP contribution is 2.35. The molecule has 236 valence electrons. The Morgan fingerprint density at radius 3 is 2.51 bits per heavy atom. The number of hydrogen-bond donors (Lipinski definition) is 3. The summed E-state index contributed by atoms with van der Waals surface area (Å²) in [6, 6.07) is 16.2. The molecular weight excluding hydrogens is 604 g/mol. The average Bonchev–Trinajstić information content (AvgIpc) is 3.03. The molecule has 1 aliphatic heterocycles. The summed E-state index contributed by atoms with van der Waals surface area (Å²) >= 11 is 6.26. The fourth-order valence-electron chi connectivity index (χ4n) is 4.47. The summed E-state index contributed by atoms with van der Waals surface area (Å²) in [6.07, 6.45) is 1.43. The number of para-hydroxylation sites is 1. The third-order valence-electron chi connectivity index (χ3n) is 6.60. The number of hydrazone groups is 1. The number of rotatable bonds is 13. The second-order valence-electron chi connectivity index (χ2n) is 9.54. The molecule has 4 rings (SSSR count). The lowest BCUT2D eigenvalue weighted by Gasteiger charge is -2.28. The molecule has 0 saturated heterocycles. The van der Waals surface area contributed by atoms with Gasteiger partial charge in [-0.15, -0.1) is 0 Å². The van der Waals surface area contributed by atoms with Crippen LogP contribution >= 0.6 is 11.6 Å². The van der Waals surface area contributed by atoms with Gasteiger partial charge in [0.15, 0.2) is 29.6 Å². The number of carbonyl (C=O) groups excluding carboxylic acids is 3. The number of benzene rings is 3. The Bertz CT molecular complexity index is 1620. The number of ether oxygens (including phenoxy) is 5. The zero-order chi connectivity index (χ0) is 32.3. The molecule has 0 fully saturated rings. The first-order valence-corrected chi connectivity index (χ1v) is 14.2. The summed E-state index contributed by atoms with van der Waals surface area (Å²) in [5.41, 5.74) is 4.99. The summed E-state index contributed by atoms with van der Waals surface area (Å²) in [5, 5.41) is 9.94. The molecular formula is C32H33ClN4O8. The number of nitrogens with zero attached hydrogens (tertiary/aromatic N) is 1. The number of hydrogen-bond acceptors (Lipinski definition) is 9. The van der Waals surface area contributed by atoms with E-state index in [0.29, 0.717) is 33.3 Å². The lowest BCUT2D eigenvalue weighted by molar-refractivity contribution is -0.139. The first-order valence-electron chi connectivity index (χ1n) is 13.9. The third kappa shape index (κ3) is 8.24. The van der Waals surface area contributed by atoms with E-state index in [9.17, 15) is 14.4 Å². The predicted molar refractivity (Wildman–Crippen MR) is 167 cm³/mol. The van der Waals surface area contributed by atoms with Crippen LogP contribution in [0.1, 0.15) is 36.6 Å². The van der Waals surface area contributed by atoms with Crippen LogP contribution < -0.4 is 35.0 Å². The van der Waals surface area contributed by atoms with Gasteiger partial charge in [0, 0.05) is 21.8 Å². The quantitative estimate of drug-likeness (QED) is 0.140. The lowest BCUT2D eigenvalue weighted by Crippen LogP contribution is -2.45. The third-order valence-corrected chi connectivity index (χ3v) is 6.97. The van der Waals surface area contributed by atoms with Crippen molar-refractivity contribution in [1.29, 1.82) is 0 Å². The standard InChI is InChI=1S/C32H33ClN4O8/c1-5-43-31(39)28-19(2)35-32(40)36-29(28)20-13-14-24(26(15-20)42-4)44-18-27(38)37-34-16-21-10-8-12-25(41-3)30(21)45-17-22-9-6-7-11-23(22)33/h6-16,29H,5,17-18H2,1-4H3,(H,37,38)(H2,35,36,40)/b34-16+/t29-/m0/s1. The molecule has 0 unspecified atom stereocenters. The van der Waals surface area contributed by atoms with Crippen molar-refractivity contribution in [3.63, 3.8) is 0 Å². The van der Waals surface area contributed by atoms with Gasteiger partial charge in [-0.25, -0.2) is 15.0 Å². The van der Waals surface area contributed by atoms with E-state index in [1.165, 1.54) is 20.4 Å². The molecule has 3 aromatic carbocycles. The monoisotopic (exact) mass is 636 g/mol. The van der Waals surface area contributed by atoms with Crippen LogP contribution in [0, 0.1) is 0 Å². The molecule has 0 aromatic heterocycles. The molecule has 3 aromatic rings. The number of nitrogens with one attached hydrogen (secondary N) is 3. The van der Waals surface area contributed by atoms with Crippen molar-refractivity contribution in [1.82, 2.24) is 16.1 Å². The van der Waals surface area contributed by atoms with Gasteiger partial charge in [0.25, 0.3) is 5.91 Å². The molecule has 0 radical (unpaired) electrons. The zero-order valence-corrected chi connectivity index (χ0v) is 25.9. The van der Waals surface area contributed by atoms with E-state index in [1.807, 2.05) is 18.2 Å². The second-order valence-corrected chi connectivity index (χ2v) is 9.95. The molecule has 0 aliphatic carbocycles. The zero-order valence-electron chi connectivity index (χ0n) is 25.1. The second kappa shape index (κ2) is 15.5. The average molecular weight is 637 g/mol. The molecule has 13 heteroatoms. The minimum Gasteiger partial charge on any atom is -0.493 e. The highest BCUT2D eigenvalue weighted by atomic mass is 35.5. The molecule has 3 N–H and O–H groups in total. The van der Waals surface area contributed by atoms with Gasteiger partial charge < -0.3 is 34.3 Å². The van der Waals surface area contributed by atoms with E-state index in [0.717, 1.165) is 5.56 Å². The van der Waals surface area contributed by atoms with Gasteiger partial charge >= 0.3 is 12.0 Å². The van der Waals surface area contributed by atoms with Crippen LogP contribution in [-0.4, -0.2) is 51.6 Å². The van der Waals surface area contributed by atoms with Crippen molar-refractivity contribution < 1.29 is 38.1 Å². The van der Waals surface area contributed by atoms with E-state index in [1.54, 1.807) is 56.3 Å². The van der Waals surface area contributed by atoms with Crippen LogP contribution in [-0.2, 0) is 20.9 Å². The van der Waals surface area contributed by atoms with Gasteiger partial charge in [-0.3, -0.25) is 4.79 Å². The van der Waals surface area contributed by atoms with Crippen molar-refractivity contribution >= 4 is 35.7 Å². The van der Waals surface area contributed by atoms with Crippen LogP contribution in [0.25, 0.3) is 0 Å². The Balaban J connectivity index is 1.41. The SMILES string of the molecule is CCOC(=O)C1=C(C)NC(=O)N[C@H]1c1ccc(OCC(=O)N/N=C/c2cccc(OC)c2OCc2ccccc2Cl)c(OC)c1. The van der Waals surface area contributed by atoms with E-state index in [4.69, 9.17) is 35.3 Å². The normalized spacial score (nSPS) is 14.3. The molecule has 1 heterocycles. The minimum atomic E-state index is -0.784. The topological polar surface area (TPSA) is 146 Å². The van der Waals surface area contributed by atoms with Crippen LogP contribution in [0.4, 0.5) is 4.79 Å². The van der Waals surface area contributed by atoms with Gasteiger partial charge in [0.05, 0.1) is 38.7 Å². The minimum absolute atomic E-state index is 0.177. The first-order chi connectivity index (χ1) is 21.7. The number of allylic oxidation sites excluding steroid dienone is 1. The van der Waals surface area contributed by atoms with E-state index in [2.05, 4.69) is 21.2 Å².